The summed E-state index contributed by atoms with van der Waals surface area (Å²) in [7, 11) is 0. The topological polar surface area (TPSA) is 67.6 Å². The standard InChI is InChI=1S/C16H20N4/c1-11-4-2-6-13(9-8-11)20-14-7-3-5-12(10-17)15(14)19-16(20)18/h3,5,7,11,13H,2,4,6,8-9H2,1H3,(H2,18,19). The van der Waals surface area contributed by atoms with E-state index >= 15 is 0 Å². The number of nitrogen functional groups attached to an aromatic ring is 1. The number of para-hydroxylation sites is 1. The first-order chi connectivity index (χ1) is 9.70. The van der Waals surface area contributed by atoms with Crippen LogP contribution in [-0.2, 0) is 0 Å². The Balaban J connectivity index is 2.07. The van der Waals surface area contributed by atoms with Gasteiger partial charge in [-0.1, -0.05) is 25.8 Å². The second kappa shape index (κ2) is 5.16. The predicted molar refractivity (Wildman–Crippen MR) is 80.1 cm³/mol. The highest BCUT2D eigenvalue weighted by Gasteiger charge is 2.22. The number of anilines is 1. The Morgan fingerprint density at radius 3 is 2.95 bits per heavy atom. The van der Waals surface area contributed by atoms with E-state index < -0.39 is 0 Å². The number of rotatable bonds is 1. The smallest absolute Gasteiger partial charge is 0.201 e. The van der Waals surface area contributed by atoms with Crippen LogP contribution in [0, 0.1) is 17.2 Å². The van der Waals surface area contributed by atoms with E-state index in [0.717, 1.165) is 29.8 Å². The quantitative estimate of drug-likeness (QED) is 0.803. The van der Waals surface area contributed by atoms with Crippen LogP contribution in [0.3, 0.4) is 0 Å². The maximum Gasteiger partial charge on any atom is 0.201 e. The molecule has 3 rings (SSSR count). The van der Waals surface area contributed by atoms with Crippen molar-refractivity contribution in [1.82, 2.24) is 9.55 Å². The molecule has 20 heavy (non-hydrogen) atoms. The van der Waals surface area contributed by atoms with Gasteiger partial charge in [0, 0.05) is 6.04 Å². The summed E-state index contributed by atoms with van der Waals surface area (Å²) < 4.78 is 2.15. The Bertz CT molecular complexity index is 665. The number of nitriles is 1. The number of hydrogen-bond acceptors (Lipinski definition) is 3. The number of aromatic nitrogens is 2. The molecule has 1 heterocycles. The van der Waals surface area contributed by atoms with Crippen LogP contribution in [0.1, 0.15) is 50.6 Å². The lowest BCUT2D eigenvalue weighted by Crippen LogP contribution is -2.11. The lowest BCUT2D eigenvalue weighted by atomic mass is 10.0. The van der Waals surface area contributed by atoms with E-state index in [4.69, 9.17) is 5.73 Å². The van der Waals surface area contributed by atoms with Gasteiger partial charge in [-0.3, -0.25) is 0 Å². The van der Waals surface area contributed by atoms with E-state index in [9.17, 15) is 5.26 Å². The van der Waals surface area contributed by atoms with E-state index in [-0.39, 0.29) is 0 Å². The number of imidazole rings is 1. The third-order valence-corrected chi connectivity index (χ3v) is 4.46. The Morgan fingerprint density at radius 1 is 1.30 bits per heavy atom. The minimum Gasteiger partial charge on any atom is -0.369 e. The zero-order chi connectivity index (χ0) is 14.1. The lowest BCUT2D eigenvalue weighted by Gasteiger charge is -2.18. The van der Waals surface area contributed by atoms with Crippen molar-refractivity contribution in [3.8, 4) is 6.07 Å². The van der Waals surface area contributed by atoms with Gasteiger partial charge in [0.2, 0.25) is 5.95 Å². The molecule has 1 fully saturated rings. The van der Waals surface area contributed by atoms with Gasteiger partial charge in [0.1, 0.15) is 11.6 Å². The van der Waals surface area contributed by atoms with Gasteiger partial charge in [-0.25, -0.2) is 4.98 Å². The van der Waals surface area contributed by atoms with Crippen molar-refractivity contribution < 1.29 is 0 Å². The largest absolute Gasteiger partial charge is 0.369 e. The molecule has 1 aliphatic rings. The highest BCUT2D eigenvalue weighted by molar-refractivity contribution is 5.84. The van der Waals surface area contributed by atoms with E-state index in [1.54, 1.807) is 6.07 Å². The molecule has 0 amide bonds. The van der Waals surface area contributed by atoms with Gasteiger partial charge in [0.25, 0.3) is 0 Å². The molecule has 4 nitrogen and oxygen atoms in total. The van der Waals surface area contributed by atoms with Crippen LogP contribution >= 0.6 is 0 Å². The molecule has 2 aromatic rings. The third-order valence-electron chi connectivity index (χ3n) is 4.46. The molecule has 2 unspecified atom stereocenters. The first kappa shape index (κ1) is 13.0. The summed E-state index contributed by atoms with van der Waals surface area (Å²) in [6.45, 7) is 2.32. The van der Waals surface area contributed by atoms with E-state index in [0.29, 0.717) is 17.6 Å². The maximum atomic E-state index is 9.19. The van der Waals surface area contributed by atoms with Gasteiger partial charge in [0.05, 0.1) is 11.1 Å². The highest BCUT2D eigenvalue weighted by atomic mass is 15.2. The van der Waals surface area contributed by atoms with Gasteiger partial charge in [0.15, 0.2) is 0 Å². The Hall–Kier alpha value is -2.02. The normalized spacial score (nSPS) is 23.4. The molecule has 2 N–H and O–H groups in total. The van der Waals surface area contributed by atoms with Gasteiger partial charge in [-0.05, 0) is 37.3 Å². The fourth-order valence-electron chi connectivity index (χ4n) is 3.33. The Morgan fingerprint density at radius 2 is 2.15 bits per heavy atom. The summed E-state index contributed by atoms with van der Waals surface area (Å²) in [5.74, 6) is 1.34. The molecule has 1 aromatic carbocycles. The summed E-state index contributed by atoms with van der Waals surface area (Å²) in [5, 5.41) is 9.19. The van der Waals surface area contributed by atoms with Crippen molar-refractivity contribution in [3.05, 3.63) is 23.8 Å². The summed E-state index contributed by atoms with van der Waals surface area (Å²) in [6, 6.07) is 8.35. The SMILES string of the molecule is CC1CCCC(n2c(N)nc3c(C#N)cccc32)CC1. The van der Waals surface area contributed by atoms with E-state index in [1.807, 2.05) is 12.1 Å². The second-order valence-electron chi connectivity index (χ2n) is 5.89. The van der Waals surface area contributed by atoms with Crippen molar-refractivity contribution in [1.29, 1.82) is 5.26 Å². The lowest BCUT2D eigenvalue weighted by molar-refractivity contribution is 0.445. The monoisotopic (exact) mass is 268 g/mol. The molecule has 0 radical (unpaired) electrons. The second-order valence-corrected chi connectivity index (χ2v) is 5.89. The summed E-state index contributed by atoms with van der Waals surface area (Å²) in [4.78, 5) is 4.43. The summed E-state index contributed by atoms with van der Waals surface area (Å²) >= 11 is 0. The van der Waals surface area contributed by atoms with Gasteiger partial charge < -0.3 is 10.3 Å². The van der Waals surface area contributed by atoms with Crippen LogP contribution in [-0.4, -0.2) is 9.55 Å². The molecule has 104 valence electrons. The van der Waals surface area contributed by atoms with Crippen molar-refractivity contribution >= 4 is 17.0 Å². The molecule has 0 aliphatic heterocycles. The molecule has 0 bridgehead atoms. The van der Waals surface area contributed by atoms with Crippen molar-refractivity contribution in [2.45, 2.75) is 45.1 Å². The summed E-state index contributed by atoms with van der Waals surface area (Å²) in [6.07, 6.45) is 6.07. The van der Waals surface area contributed by atoms with Crippen molar-refractivity contribution in [2.24, 2.45) is 5.92 Å². The molecule has 4 heteroatoms. The number of hydrogen-bond donors (Lipinski definition) is 1. The van der Waals surface area contributed by atoms with Crippen LogP contribution in [0.2, 0.25) is 0 Å². The molecule has 1 aromatic heterocycles. The van der Waals surface area contributed by atoms with Gasteiger partial charge >= 0.3 is 0 Å². The van der Waals surface area contributed by atoms with Gasteiger partial charge in [-0.15, -0.1) is 0 Å². The Labute approximate surface area is 119 Å². The van der Waals surface area contributed by atoms with E-state index in [1.165, 1.54) is 19.3 Å². The number of nitrogens with zero attached hydrogens (tertiary/aromatic N) is 3. The van der Waals surface area contributed by atoms with E-state index in [2.05, 4.69) is 22.5 Å². The fourth-order valence-corrected chi connectivity index (χ4v) is 3.33. The highest BCUT2D eigenvalue weighted by Crippen LogP contribution is 2.34. The maximum absolute atomic E-state index is 9.19. The minimum atomic E-state index is 0.416. The first-order valence-corrected chi connectivity index (χ1v) is 7.37. The molecule has 1 saturated carbocycles. The van der Waals surface area contributed by atoms with Crippen LogP contribution in [0.15, 0.2) is 18.2 Å². The zero-order valence-electron chi connectivity index (χ0n) is 11.8. The Kier molecular flexibility index (Phi) is 3.35. The predicted octanol–water partition coefficient (Wildman–Crippen LogP) is 3.63. The van der Waals surface area contributed by atoms with Crippen molar-refractivity contribution in [2.75, 3.05) is 5.73 Å². The average molecular weight is 268 g/mol. The molecule has 1 aliphatic carbocycles. The number of nitrogens with two attached hydrogens (primary N) is 1. The molecule has 0 spiro atoms. The number of fused-ring (bicyclic) bond motifs is 1. The molecule has 2 atom stereocenters. The zero-order valence-corrected chi connectivity index (χ0v) is 11.8. The summed E-state index contributed by atoms with van der Waals surface area (Å²) in [5.41, 5.74) is 8.48. The fraction of sp³-hybridized carbons (Fsp3) is 0.500. The number of benzene rings is 1. The molecular formula is C16H20N4. The van der Waals surface area contributed by atoms with Crippen LogP contribution in [0.4, 0.5) is 5.95 Å². The molecule has 0 saturated heterocycles. The van der Waals surface area contributed by atoms with Gasteiger partial charge in [-0.2, -0.15) is 5.26 Å². The van der Waals surface area contributed by atoms with Crippen molar-refractivity contribution in [3.63, 3.8) is 0 Å². The minimum absolute atomic E-state index is 0.416. The molecular weight excluding hydrogens is 248 g/mol. The van der Waals surface area contributed by atoms with Crippen LogP contribution < -0.4 is 5.73 Å². The first-order valence-electron chi connectivity index (χ1n) is 7.37. The third kappa shape index (κ3) is 2.14. The van der Waals surface area contributed by atoms with Crippen LogP contribution in [0.25, 0.3) is 11.0 Å². The average Bonchev–Trinajstić information content (AvgIpc) is 2.63. The van der Waals surface area contributed by atoms with Crippen LogP contribution in [0.5, 0.6) is 0 Å².